The van der Waals surface area contributed by atoms with Gasteiger partial charge in [-0.3, -0.25) is 38.1 Å². The fraction of sp³-hybridized carbons (Fsp3) is 0.464. The number of urea groups is 1. The Kier molecular flexibility index (Phi) is 20.5. The summed E-state index contributed by atoms with van der Waals surface area (Å²) in [4.78, 5) is 117. The van der Waals surface area contributed by atoms with Crippen LogP contribution in [0.4, 0.5) is 26.2 Å². The fourth-order valence-electron chi connectivity index (χ4n) is 16.0. The standard InChI is InChI=1S/C69H83N13O14S2/c1-42(2)58(78-55(83)33-81-56(84)21-22-57(81)85)61(87)75-52(13-9-24-71-63(70)90)60(86)74-47-17-15-44(16-18-47)34-95-65(91)79(27-29-98(92,93)94)26-28-96-69-38-66(4)35-67(5,39-69)37-68(36-66,40-69)41-82-43(3)49(31-73-82)48-19-20-54(77-59(48)62(88)89)80-25-23-45-10-8-11-46(50(45)32-80)30-72-64-76-51-12-6-7-14-53(51)97-64/h6-8,10-12,14-22,31,42,52,58H,9,13,23-30,32-41H2,1-5H3,(H,72,76)(H,74,86)(H,75,87)(H,78,83)(H,88,89)(H3,70,71,90)(H,92,93,94)/t52-,58-,66?,67?,68?,69?/m0/s1. The summed E-state index contributed by atoms with van der Waals surface area (Å²) in [6.45, 7) is 11.0. The lowest BCUT2D eigenvalue weighted by Crippen LogP contribution is -2.64. The van der Waals surface area contributed by atoms with E-state index >= 15 is 0 Å². The third-order valence-corrected chi connectivity index (χ3v) is 21.0. The Morgan fingerprint density at radius 3 is 2.28 bits per heavy atom. The number of nitrogens with two attached hydrogens (primary N) is 1. The molecule has 2 unspecified atom stereocenters. The Labute approximate surface area is 571 Å². The summed E-state index contributed by atoms with van der Waals surface area (Å²) in [5, 5.41) is 30.5. The van der Waals surface area contributed by atoms with Crippen LogP contribution in [0.15, 0.2) is 97.2 Å². The average Bonchev–Trinajstić information content (AvgIpc) is 0.867. The van der Waals surface area contributed by atoms with Gasteiger partial charge in [0.1, 0.15) is 31.1 Å². The zero-order valence-corrected chi connectivity index (χ0v) is 57.1. The van der Waals surface area contributed by atoms with Crippen LogP contribution in [0.2, 0.25) is 0 Å². The van der Waals surface area contributed by atoms with Crippen molar-refractivity contribution in [3.05, 3.63) is 131 Å². The maximum Gasteiger partial charge on any atom is 0.410 e. The van der Waals surface area contributed by atoms with Crippen molar-refractivity contribution in [1.82, 2.24) is 45.5 Å². The molecule has 3 aromatic carbocycles. The van der Waals surface area contributed by atoms with Gasteiger partial charge >= 0.3 is 18.1 Å². The largest absolute Gasteiger partial charge is 0.476 e. The number of fused-ring (bicyclic) bond motifs is 2. The monoisotopic (exact) mass is 1380 g/mol. The van der Waals surface area contributed by atoms with E-state index in [0.717, 1.165) is 82.2 Å². The summed E-state index contributed by atoms with van der Waals surface area (Å²) in [5.41, 5.74) is 11.4. The summed E-state index contributed by atoms with van der Waals surface area (Å²) in [6, 6.07) is 21.2. The number of para-hydroxylation sites is 1. The molecule has 4 fully saturated rings. The molecule has 2 aliphatic heterocycles. The van der Waals surface area contributed by atoms with E-state index in [0.29, 0.717) is 60.8 Å². The van der Waals surface area contributed by atoms with Gasteiger partial charge < -0.3 is 56.7 Å². The second-order valence-electron chi connectivity index (χ2n) is 27.8. The summed E-state index contributed by atoms with van der Waals surface area (Å²) in [6.07, 6.45) is 9.00. The van der Waals surface area contributed by atoms with E-state index in [4.69, 9.17) is 30.3 Å². The van der Waals surface area contributed by atoms with Crippen LogP contribution in [-0.4, -0.2) is 158 Å². The molecule has 4 bridgehead atoms. The van der Waals surface area contributed by atoms with Crippen LogP contribution in [0.3, 0.4) is 0 Å². The molecule has 6 aromatic rings. The third-order valence-electron chi connectivity index (χ3n) is 19.3. The molecule has 27 nitrogen and oxygen atoms in total. The van der Waals surface area contributed by atoms with E-state index in [9.17, 15) is 56.4 Å². The van der Waals surface area contributed by atoms with Crippen molar-refractivity contribution in [2.24, 2.45) is 27.9 Å². The maximum atomic E-state index is 13.9. The summed E-state index contributed by atoms with van der Waals surface area (Å²) in [5.74, 6) is -5.31. The van der Waals surface area contributed by atoms with E-state index in [2.05, 4.69) is 69.6 Å². The normalized spacial score (nSPS) is 21.4. The van der Waals surface area contributed by atoms with E-state index in [1.165, 1.54) is 16.0 Å². The van der Waals surface area contributed by atoms with Crippen LogP contribution >= 0.6 is 11.3 Å². The van der Waals surface area contributed by atoms with Crippen molar-refractivity contribution in [3.63, 3.8) is 0 Å². The predicted octanol–water partition coefficient (Wildman–Crippen LogP) is 7.34. The number of amides is 8. The molecule has 8 amide bonds. The number of thiazole rings is 1. The third kappa shape index (κ3) is 16.4. The van der Waals surface area contributed by atoms with Crippen molar-refractivity contribution in [2.45, 2.75) is 136 Å². The number of hydrogen-bond acceptors (Lipinski definition) is 18. The average molecular weight is 1380 g/mol. The summed E-state index contributed by atoms with van der Waals surface area (Å²) >= 11 is 1.61. The van der Waals surface area contributed by atoms with Crippen molar-refractivity contribution in [1.29, 1.82) is 0 Å². The lowest BCUT2D eigenvalue weighted by Gasteiger charge is -2.69. The number of carbonyl (C=O) groups excluding carboxylic acids is 7. The SMILES string of the molecule is Cc1c(-c2ccc(N3CCc4cccc(CNc5nc6ccccc6s5)c4C3)nc2C(=O)O)cnn1CC12CC3(C)CC(C)(C1)CC(OCCN(CCS(=O)(=O)O)C(=O)OCc1ccc(NC(=O)[C@H](CCCNC(N)=O)NC(=O)[C@@H](NC(=O)CN4C(=O)C=CC4=O)C(C)C)cc1)(C3)C2. The molecule has 98 heavy (non-hydrogen) atoms. The molecule has 4 saturated carbocycles. The van der Waals surface area contributed by atoms with Crippen molar-refractivity contribution in [3.8, 4) is 11.1 Å². The number of nitrogens with zero attached hydrogens (tertiary/aromatic N) is 7. The summed E-state index contributed by atoms with van der Waals surface area (Å²) < 4.78 is 49.8. The molecule has 4 atom stereocenters. The van der Waals surface area contributed by atoms with Gasteiger partial charge in [-0.2, -0.15) is 13.5 Å². The predicted molar refractivity (Wildman–Crippen MR) is 365 cm³/mol. The minimum absolute atomic E-state index is 0.0276. The number of ether oxygens (including phenoxy) is 2. The van der Waals surface area contributed by atoms with Gasteiger partial charge in [0.05, 0.1) is 34.4 Å². The number of anilines is 3. The second kappa shape index (κ2) is 28.6. The van der Waals surface area contributed by atoms with Crippen LogP contribution in [-0.2, 0) is 76.2 Å². The molecule has 9 N–H and O–H groups in total. The minimum atomic E-state index is -4.51. The topological polar surface area (TPSA) is 369 Å². The van der Waals surface area contributed by atoms with E-state index < -0.39 is 100 Å². The van der Waals surface area contributed by atoms with Crippen LogP contribution in [0.5, 0.6) is 0 Å². The first-order chi connectivity index (χ1) is 46.5. The highest BCUT2D eigenvalue weighted by Gasteiger charge is 2.66. The number of carboxylic acid groups (broad SMARTS) is 1. The van der Waals surface area contributed by atoms with Gasteiger partial charge in [0.15, 0.2) is 10.8 Å². The Balaban J connectivity index is 0.712. The molecule has 0 saturated heterocycles. The smallest absolute Gasteiger partial charge is 0.410 e. The number of carbonyl (C=O) groups is 8. The quantitative estimate of drug-likeness (QED) is 0.0129. The number of aromatic carboxylic acids is 1. The lowest BCUT2D eigenvalue weighted by molar-refractivity contribution is -0.248. The molecule has 0 spiro atoms. The first kappa shape index (κ1) is 70.0. The molecule has 520 valence electrons. The number of aromatic nitrogens is 4. The molecule has 4 aliphatic carbocycles. The molecular weight excluding hydrogens is 1300 g/mol. The molecular formula is C69H83N13O14S2. The van der Waals surface area contributed by atoms with Crippen LogP contribution in [0.25, 0.3) is 21.3 Å². The van der Waals surface area contributed by atoms with Gasteiger partial charge in [-0.25, -0.2) is 24.4 Å². The number of pyridine rings is 1. The molecule has 29 heteroatoms. The molecule has 0 radical (unpaired) electrons. The number of benzene rings is 3. The van der Waals surface area contributed by atoms with E-state index in [-0.39, 0.29) is 61.1 Å². The Bertz CT molecular complexity index is 4160. The van der Waals surface area contributed by atoms with Crippen LogP contribution in [0.1, 0.15) is 117 Å². The maximum absolute atomic E-state index is 13.9. The Morgan fingerprint density at radius 2 is 1.58 bits per heavy atom. The van der Waals surface area contributed by atoms with E-state index in [1.807, 2.05) is 41.9 Å². The number of nitrogens with one attached hydrogen (secondary N) is 5. The van der Waals surface area contributed by atoms with Crippen LogP contribution in [0, 0.1) is 29.1 Å². The number of primary amides is 1. The zero-order valence-electron chi connectivity index (χ0n) is 55.4. The Hall–Kier alpha value is -9.32. The van der Waals surface area contributed by atoms with E-state index in [1.54, 1.807) is 55.6 Å². The molecule has 12 rings (SSSR count). The lowest BCUT2D eigenvalue weighted by atomic mass is 9.39. The van der Waals surface area contributed by atoms with Gasteiger partial charge in [-0.1, -0.05) is 81.5 Å². The number of rotatable bonds is 29. The highest BCUT2D eigenvalue weighted by atomic mass is 32.2. The zero-order chi connectivity index (χ0) is 69.9. The molecule has 6 aliphatic rings. The van der Waals surface area contributed by atoms with Crippen molar-refractivity contribution in [2.75, 3.05) is 60.6 Å². The van der Waals surface area contributed by atoms with Gasteiger partial charge in [0.2, 0.25) is 17.7 Å². The van der Waals surface area contributed by atoms with Gasteiger partial charge in [-0.15, -0.1) is 0 Å². The van der Waals surface area contributed by atoms with Crippen molar-refractivity contribution >= 4 is 95.9 Å². The highest BCUT2D eigenvalue weighted by molar-refractivity contribution is 7.85. The first-order valence-corrected chi connectivity index (χ1v) is 35.3. The minimum Gasteiger partial charge on any atom is -0.476 e. The summed E-state index contributed by atoms with van der Waals surface area (Å²) in [7, 11) is -4.51. The van der Waals surface area contributed by atoms with Gasteiger partial charge in [0.25, 0.3) is 21.9 Å². The second-order valence-corrected chi connectivity index (χ2v) is 30.4. The first-order valence-electron chi connectivity index (χ1n) is 32.8. The molecule has 3 aromatic heterocycles. The number of imide groups is 1. The fourth-order valence-corrected chi connectivity index (χ4v) is 17.4. The number of carboxylic acids is 1. The highest BCUT2D eigenvalue weighted by Crippen LogP contribution is 2.72. The Morgan fingerprint density at radius 1 is 0.847 bits per heavy atom. The van der Waals surface area contributed by atoms with Crippen LogP contribution < -0.4 is 37.2 Å². The van der Waals surface area contributed by atoms with Gasteiger partial charge in [-0.05, 0) is 146 Å². The molecule has 5 heterocycles. The number of hydrogen-bond donors (Lipinski definition) is 8. The van der Waals surface area contributed by atoms with Crippen molar-refractivity contribution < 1.29 is 65.9 Å². The van der Waals surface area contributed by atoms with Gasteiger partial charge in [0, 0.05) is 80.5 Å².